The molecule has 1 saturated heterocycles. The number of hydrogen-bond donors (Lipinski definition) is 2. The molecule has 2 fully saturated rings. The Kier molecular flexibility index (Phi) is 7.38. The Bertz CT molecular complexity index is 1800. The molecule has 0 unspecified atom stereocenters. The van der Waals surface area contributed by atoms with Crippen LogP contribution in [-0.2, 0) is 18.4 Å². The van der Waals surface area contributed by atoms with Crippen molar-refractivity contribution in [3.63, 3.8) is 0 Å². The molecule has 4 aromatic rings. The van der Waals surface area contributed by atoms with Gasteiger partial charge in [-0.2, -0.15) is 0 Å². The molecule has 5 heterocycles. The van der Waals surface area contributed by atoms with Crippen molar-refractivity contribution in [2.24, 2.45) is 30.0 Å². The number of piperidine rings is 1. The number of aryl methyl sites for hydroxylation is 2. The van der Waals surface area contributed by atoms with Gasteiger partial charge in [-0.3, -0.25) is 9.59 Å². The van der Waals surface area contributed by atoms with Gasteiger partial charge in [0.25, 0.3) is 5.91 Å². The Morgan fingerprint density at radius 1 is 1.09 bits per heavy atom. The Morgan fingerprint density at radius 3 is 2.67 bits per heavy atom. The number of hydrogen-bond acceptors (Lipinski definition) is 6. The van der Waals surface area contributed by atoms with E-state index >= 15 is 0 Å². The number of carbonyl (C=O) groups is 2. The van der Waals surface area contributed by atoms with Crippen molar-refractivity contribution in [2.75, 3.05) is 20.2 Å². The number of methoxy groups -OCH3 is 1. The van der Waals surface area contributed by atoms with Gasteiger partial charge in [0.2, 0.25) is 5.91 Å². The van der Waals surface area contributed by atoms with Crippen molar-refractivity contribution in [3.8, 4) is 17.3 Å². The summed E-state index contributed by atoms with van der Waals surface area (Å²) >= 11 is 0. The van der Waals surface area contributed by atoms with Crippen LogP contribution < -0.4 is 15.8 Å². The van der Waals surface area contributed by atoms with Crippen LogP contribution in [0, 0.1) is 17.3 Å². The highest BCUT2D eigenvalue weighted by atomic mass is 16.5. The summed E-state index contributed by atoms with van der Waals surface area (Å²) in [7, 11) is 3.64. The topological polar surface area (TPSA) is 120 Å². The van der Waals surface area contributed by atoms with E-state index in [1.54, 1.807) is 7.11 Å². The molecule has 7 rings (SSSR count). The predicted molar refractivity (Wildman–Crippen MR) is 175 cm³/mol. The van der Waals surface area contributed by atoms with E-state index in [1.807, 2.05) is 50.9 Å². The Balaban J connectivity index is 1.29. The molecule has 10 heteroatoms. The van der Waals surface area contributed by atoms with Gasteiger partial charge < -0.3 is 29.8 Å². The van der Waals surface area contributed by atoms with Crippen molar-refractivity contribution >= 4 is 33.9 Å². The second kappa shape index (κ2) is 11.2. The molecule has 4 atom stereocenters. The highest BCUT2D eigenvalue weighted by Crippen LogP contribution is 2.45. The minimum absolute atomic E-state index is 0.0215. The third-order valence-corrected chi connectivity index (χ3v) is 10.4. The summed E-state index contributed by atoms with van der Waals surface area (Å²) in [5.41, 5.74) is 10.8. The molecule has 3 aliphatic rings. The van der Waals surface area contributed by atoms with E-state index in [2.05, 4.69) is 26.6 Å². The Labute approximate surface area is 264 Å². The number of aromatic nitrogens is 4. The third kappa shape index (κ3) is 5.26. The number of amides is 2. The smallest absolute Gasteiger partial charge is 0.254 e. The van der Waals surface area contributed by atoms with E-state index < -0.39 is 5.41 Å². The second-order valence-corrected chi connectivity index (χ2v) is 14.1. The second-order valence-electron chi connectivity index (χ2n) is 14.1. The van der Waals surface area contributed by atoms with Crippen LogP contribution in [0.25, 0.3) is 33.6 Å². The zero-order valence-electron chi connectivity index (χ0n) is 27.1. The van der Waals surface area contributed by atoms with Crippen molar-refractivity contribution in [3.05, 3.63) is 41.6 Å². The fourth-order valence-corrected chi connectivity index (χ4v) is 7.48. The van der Waals surface area contributed by atoms with E-state index in [4.69, 9.17) is 20.4 Å². The van der Waals surface area contributed by atoms with Crippen LogP contribution in [-0.4, -0.2) is 62.1 Å². The minimum atomic E-state index is -0.414. The normalized spacial score (nSPS) is 25.2. The first-order chi connectivity index (χ1) is 21.6. The lowest BCUT2D eigenvalue weighted by atomic mass is 9.85. The largest absolute Gasteiger partial charge is 0.494 e. The Morgan fingerprint density at radius 2 is 1.89 bits per heavy atom. The first-order valence-corrected chi connectivity index (χ1v) is 16.5. The number of ether oxygens (including phenoxy) is 1. The van der Waals surface area contributed by atoms with Crippen LogP contribution in [0.2, 0.25) is 0 Å². The quantitative estimate of drug-likeness (QED) is 0.329. The molecule has 3 aromatic heterocycles. The van der Waals surface area contributed by atoms with Crippen molar-refractivity contribution < 1.29 is 14.3 Å². The van der Waals surface area contributed by atoms with Crippen LogP contribution in [0.4, 0.5) is 0 Å². The van der Waals surface area contributed by atoms with Gasteiger partial charge in [-0.15, -0.1) is 0 Å². The molecule has 1 aromatic carbocycles. The number of nitrogens with two attached hydrogens (primary N) is 1. The summed E-state index contributed by atoms with van der Waals surface area (Å²) in [6.07, 6.45) is 6.13. The molecular formula is C35H45N7O3. The molecule has 45 heavy (non-hydrogen) atoms. The first kappa shape index (κ1) is 29.8. The monoisotopic (exact) mass is 611 g/mol. The SMILES string of the molecule is COc1cc(C(=O)N2C[C@@H]3C[C@@H]3[C@@H](N)C2)cc2nc(-c3cc4ccc5nc4n3CCCCCCC(C)(C)C(=O)N[C@@H]5C)n(C)c12. The number of likely N-dealkylation sites (tertiary alicyclic amines) is 1. The summed E-state index contributed by atoms with van der Waals surface area (Å²) in [6.45, 7) is 8.22. The highest BCUT2D eigenvalue weighted by Gasteiger charge is 2.47. The van der Waals surface area contributed by atoms with Gasteiger partial charge in [0.1, 0.15) is 16.9 Å². The van der Waals surface area contributed by atoms with Crippen molar-refractivity contribution in [2.45, 2.75) is 77.9 Å². The Hall–Kier alpha value is -3.92. The van der Waals surface area contributed by atoms with Crippen LogP contribution in [0.15, 0.2) is 30.3 Å². The maximum absolute atomic E-state index is 13.7. The van der Waals surface area contributed by atoms with Gasteiger partial charge in [-0.05, 0) is 68.4 Å². The molecule has 2 amide bonds. The molecule has 238 valence electrons. The number of fused-ring (bicyclic) bond motifs is 3. The van der Waals surface area contributed by atoms with Gasteiger partial charge in [0.05, 0.1) is 30.1 Å². The average Bonchev–Trinajstić information content (AvgIpc) is 3.63. The van der Waals surface area contributed by atoms with Crippen molar-refractivity contribution in [1.82, 2.24) is 29.3 Å². The van der Waals surface area contributed by atoms with E-state index in [-0.39, 0.29) is 23.9 Å². The summed E-state index contributed by atoms with van der Waals surface area (Å²) < 4.78 is 10.2. The molecule has 1 aliphatic carbocycles. The fraction of sp³-hybridized carbons (Fsp3) is 0.543. The third-order valence-electron chi connectivity index (χ3n) is 10.4. The lowest BCUT2D eigenvalue weighted by Crippen LogP contribution is -2.47. The number of nitrogens with zero attached hydrogens (tertiary/aromatic N) is 5. The van der Waals surface area contributed by atoms with Crippen LogP contribution >= 0.6 is 0 Å². The number of benzene rings is 1. The minimum Gasteiger partial charge on any atom is -0.494 e. The number of imidazole rings is 1. The van der Waals surface area contributed by atoms with Gasteiger partial charge >= 0.3 is 0 Å². The maximum Gasteiger partial charge on any atom is 0.254 e. The highest BCUT2D eigenvalue weighted by molar-refractivity contribution is 6.00. The average molecular weight is 612 g/mol. The van der Waals surface area contributed by atoms with E-state index in [0.29, 0.717) is 35.2 Å². The fourth-order valence-electron chi connectivity index (χ4n) is 7.48. The van der Waals surface area contributed by atoms with Crippen LogP contribution in [0.3, 0.4) is 0 Å². The van der Waals surface area contributed by atoms with E-state index in [1.165, 1.54) is 0 Å². The number of carbonyl (C=O) groups excluding carboxylic acids is 2. The van der Waals surface area contributed by atoms with Gasteiger partial charge in [-0.1, -0.05) is 33.1 Å². The molecular weight excluding hydrogens is 566 g/mol. The molecule has 1 saturated carbocycles. The number of nitrogens with one attached hydrogen (secondary N) is 1. The zero-order chi connectivity index (χ0) is 31.6. The summed E-state index contributed by atoms with van der Waals surface area (Å²) in [5, 5.41) is 4.23. The predicted octanol–water partition coefficient (Wildman–Crippen LogP) is 5.19. The van der Waals surface area contributed by atoms with Gasteiger partial charge in [0, 0.05) is 49.1 Å². The standard InChI is InChI=1S/C35H45N7O3/c1-20-26-11-10-21-16-28(42(31(21)38-26)13-9-7-6-8-12-35(2,3)34(44)37-20)32-39-27-15-22(17-29(45-5)30(27)40(32)4)33(43)41-18-23-14-24(23)25(36)19-41/h10-11,15-17,20,23-25H,6-9,12-14,18-19,36H2,1-5H3,(H,37,44)/t20-,23+,24+,25+/m1/s1. The summed E-state index contributed by atoms with van der Waals surface area (Å²) in [5.74, 6) is 2.54. The number of pyridine rings is 1. The van der Waals surface area contributed by atoms with E-state index in [9.17, 15) is 9.59 Å². The number of rotatable bonds is 3. The first-order valence-electron chi connectivity index (χ1n) is 16.5. The molecule has 0 spiro atoms. The molecule has 2 bridgehead atoms. The van der Waals surface area contributed by atoms with Crippen LogP contribution in [0.1, 0.15) is 81.4 Å². The maximum atomic E-state index is 13.7. The van der Waals surface area contributed by atoms with Gasteiger partial charge in [0.15, 0.2) is 5.82 Å². The van der Waals surface area contributed by atoms with Crippen molar-refractivity contribution in [1.29, 1.82) is 0 Å². The van der Waals surface area contributed by atoms with E-state index in [0.717, 1.165) is 85.4 Å². The summed E-state index contributed by atoms with van der Waals surface area (Å²) in [6, 6.07) is 9.80. The lowest BCUT2D eigenvalue weighted by Gasteiger charge is -2.30. The zero-order valence-corrected chi connectivity index (χ0v) is 27.1. The molecule has 2 aliphatic heterocycles. The molecule has 3 N–H and O–H groups in total. The van der Waals surface area contributed by atoms with Gasteiger partial charge in [-0.25, -0.2) is 9.97 Å². The van der Waals surface area contributed by atoms with Crippen LogP contribution in [0.5, 0.6) is 5.75 Å². The molecule has 10 nitrogen and oxygen atoms in total. The lowest BCUT2D eigenvalue weighted by molar-refractivity contribution is -0.130. The molecule has 0 radical (unpaired) electrons. The summed E-state index contributed by atoms with van der Waals surface area (Å²) in [4.78, 5) is 38.9.